The zero-order valence-corrected chi connectivity index (χ0v) is 11.6. The van der Waals surface area contributed by atoms with Crippen LogP contribution in [0.4, 0.5) is 13.2 Å². The van der Waals surface area contributed by atoms with Crippen molar-refractivity contribution in [3.63, 3.8) is 0 Å². The lowest BCUT2D eigenvalue weighted by Crippen LogP contribution is -2.29. The third-order valence-electron chi connectivity index (χ3n) is 2.18. The Bertz CT molecular complexity index is 439. The minimum absolute atomic E-state index is 0. The van der Waals surface area contributed by atoms with E-state index in [-0.39, 0.29) is 48.6 Å². The molecule has 0 saturated carbocycles. The number of hydrogen-bond donors (Lipinski definition) is 2. The van der Waals surface area contributed by atoms with Gasteiger partial charge in [0.05, 0.1) is 0 Å². The van der Waals surface area contributed by atoms with Crippen molar-refractivity contribution in [3.8, 4) is 5.75 Å². The Balaban J connectivity index is 0.00000361. The molecule has 1 aromatic rings. The maximum atomic E-state index is 12.2. The Morgan fingerprint density at radius 3 is 2.55 bits per heavy atom. The number of nitrogens with one attached hydrogen (secondary N) is 1. The van der Waals surface area contributed by atoms with E-state index in [1.165, 1.54) is 18.2 Å². The van der Waals surface area contributed by atoms with Crippen molar-refractivity contribution in [2.45, 2.75) is 32.3 Å². The van der Waals surface area contributed by atoms with Crippen molar-refractivity contribution in [3.05, 3.63) is 29.8 Å². The van der Waals surface area contributed by atoms with E-state index in [4.69, 9.17) is 5.73 Å². The number of hydrogen-bond acceptors (Lipinski definition) is 3. The molecule has 1 amide bonds. The molecule has 1 rings (SSSR count). The van der Waals surface area contributed by atoms with Crippen LogP contribution in [0.1, 0.15) is 18.9 Å². The highest BCUT2D eigenvalue weighted by Crippen LogP contribution is 2.25. The fourth-order valence-corrected chi connectivity index (χ4v) is 1.43. The van der Waals surface area contributed by atoms with E-state index in [0.29, 0.717) is 0 Å². The van der Waals surface area contributed by atoms with E-state index in [0.717, 1.165) is 0 Å². The molecule has 0 heterocycles. The average molecular weight is 313 g/mol. The first-order chi connectivity index (χ1) is 8.78. The molecule has 0 saturated heterocycles. The SMILES string of the molecule is CC(N)CC(=O)NCc1ccccc1OC(F)(F)F.Cl. The van der Waals surface area contributed by atoms with Gasteiger partial charge in [-0.2, -0.15) is 0 Å². The molecule has 0 fully saturated rings. The van der Waals surface area contributed by atoms with Crippen LogP contribution in [0.3, 0.4) is 0 Å². The molecule has 0 aliphatic rings. The van der Waals surface area contributed by atoms with Gasteiger partial charge in [-0.1, -0.05) is 18.2 Å². The second-order valence-corrected chi connectivity index (χ2v) is 4.11. The fourth-order valence-electron chi connectivity index (χ4n) is 1.43. The zero-order valence-electron chi connectivity index (χ0n) is 10.7. The van der Waals surface area contributed by atoms with E-state index in [9.17, 15) is 18.0 Å². The van der Waals surface area contributed by atoms with Crippen molar-refractivity contribution in [2.75, 3.05) is 0 Å². The van der Waals surface area contributed by atoms with Crippen LogP contribution < -0.4 is 15.8 Å². The van der Waals surface area contributed by atoms with Gasteiger partial charge < -0.3 is 15.8 Å². The molecule has 0 aromatic heterocycles. The van der Waals surface area contributed by atoms with Gasteiger partial charge in [0.25, 0.3) is 0 Å². The van der Waals surface area contributed by atoms with Gasteiger partial charge in [-0.05, 0) is 13.0 Å². The summed E-state index contributed by atoms with van der Waals surface area (Å²) in [6.45, 7) is 1.62. The molecule has 0 aliphatic carbocycles. The number of carbonyl (C=O) groups excluding carboxylic acids is 1. The second-order valence-electron chi connectivity index (χ2n) is 4.11. The van der Waals surface area contributed by atoms with Crippen molar-refractivity contribution >= 4 is 18.3 Å². The molecule has 1 unspecified atom stereocenters. The van der Waals surface area contributed by atoms with Crippen molar-refractivity contribution in [1.82, 2.24) is 5.32 Å². The summed E-state index contributed by atoms with van der Waals surface area (Å²) >= 11 is 0. The maximum Gasteiger partial charge on any atom is 0.573 e. The molecule has 0 bridgehead atoms. The number of nitrogens with two attached hydrogens (primary N) is 1. The van der Waals surface area contributed by atoms with Crippen molar-refractivity contribution in [1.29, 1.82) is 0 Å². The third kappa shape index (κ3) is 7.20. The number of benzene rings is 1. The van der Waals surface area contributed by atoms with E-state index in [1.807, 2.05) is 0 Å². The highest BCUT2D eigenvalue weighted by molar-refractivity contribution is 5.85. The average Bonchev–Trinajstić information content (AvgIpc) is 2.25. The van der Waals surface area contributed by atoms with Crippen molar-refractivity contribution < 1.29 is 22.7 Å². The first-order valence-corrected chi connectivity index (χ1v) is 5.64. The van der Waals surface area contributed by atoms with Crippen LogP contribution in [0.2, 0.25) is 0 Å². The standard InChI is InChI=1S/C12H15F3N2O2.ClH/c1-8(16)6-11(18)17-7-9-4-2-3-5-10(9)19-12(13,14)15;/h2-5,8H,6-7,16H2,1H3,(H,17,18);1H. The van der Waals surface area contributed by atoms with Crippen LogP contribution in [0.5, 0.6) is 5.75 Å². The Morgan fingerprint density at radius 2 is 2.00 bits per heavy atom. The summed E-state index contributed by atoms with van der Waals surface area (Å²) in [5.41, 5.74) is 5.69. The second kappa shape index (κ2) is 7.96. The molecule has 0 aliphatic heterocycles. The first kappa shape index (κ1) is 18.5. The van der Waals surface area contributed by atoms with Crippen LogP contribution in [0, 0.1) is 0 Å². The number of alkyl halides is 3. The normalized spacial score (nSPS) is 12.2. The lowest BCUT2D eigenvalue weighted by molar-refractivity contribution is -0.274. The molecule has 0 radical (unpaired) electrons. The van der Waals surface area contributed by atoms with E-state index in [1.54, 1.807) is 13.0 Å². The van der Waals surface area contributed by atoms with E-state index >= 15 is 0 Å². The summed E-state index contributed by atoms with van der Waals surface area (Å²) < 4.78 is 40.4. The number of rotatable bonds is 5. The molecule has 4 nitrogen and oxygen atoms in total. The lowest BCUT2D eigenvalue weighted by atomic mass is 10.2. The lowest BCUT2D eigenvalue weighted by Gasteiger charge is -2.14. The van der Waals surface area contributed by atoms with Crippen LogP contribution >= 0.6 is 12.4 Å². The molecular formula is C12H16ClF3N2O2. The van der Waals surface area contributed by atoms with Crippen LogP contribution in [0.25, 0.3) is 0 Å². The van der Waals surface area contributed by atoms with Crippen molar-refractivity contribution in [2.24, 2.45) is 5.73 Å². The van der Waals surface area contributed by atoms with Gasteiger partial charge in [0, 0.05) is 24.6 Å². The number of amides is 1. The number of halogens is 4. The first-order valence-electron chi connectivity index (χ1n) is 5.64. The molecule has 0 spiro atoms. The topological polar surface area (TPSA) is 64.4 Å². The Morgan fingerprint density at radius 1 is 1.40 bits per heavy atom. The molecule has 114 valence electrons. The molecule has 1 atom stereocenters. The monoisotopic (exact) mass is 312 g/mol. The summed E-state index contributed by atoms with van der Waals surface area (Å²) in [7, 11) is 0. The summed E-state index contributed by atoms with van der Waals surface area (Å²) in [5.74, 6) is -0.645. The number of carbonyl (C=O) groups is 1. The van der Waals surface area contributed by atoms with Gasteiger partial charge in [0.1, 0.15) is 5.75 Å². The molecule has 1 aromatic carbocycles. The van der Waals surface area contributed by atoms with E-state index in [2.05, 4.69) is 10.1 Å². The predicted molar refractivity (Wildman–Crippen MR) is 70.5 cm³/mol. The molecule has 3 N–H and O–H groups in total. The smallest absolute Gasteiger partial charge is 0.405 e. The Labute approximate surface area is 120 Å². The maximum absolute atomic E-state index is 12.2. The predicted octanol–water partition coefficient (Wildman–Crippen LogP) is 2.36. The fraction of sp³-hybridized carbons (Fsp3) is 0.417. The summed E-state index contributed by atoms with van der Waals surface area (Å²) in [5, 5.41) is 2.49. The minimum atomic E-state index is -4.76. The number of ether oxygens (including phenoxy) is 1. The number of para-hydroxylation sites is 1. The van der Waals surface area contributed by atoms with Crippen LogP contribution in [0.15, 0.2) is 24.3 Å². The van der Waals surface area contributed by atoms with Gasteiger partial charge in [-0.3, -0.25) is 4.79 Å². The van der Waals surface area contributed by atoms with E-state index < -0.39 is 6.36 Å². The molecule has 20 heavy (non-hydrogen) atoms. The highest BCUT2D eigenvalue weighted by atomic mass is 35.5. The Kier molecular flexibility index (Phi) is 7.38. The van der Waals surface area contributed by atoms with Gasteiger partial charge in [-0.25, -0.2) is 0 Å². The summed E-state index contributed by atoms with van der Waals surface area (Å²) in [4.78, 5) is 11.4. The van der Waals surface area contributed by atoms with Gasteiger partial charge in [0.2, 0.25) is 5.91 Å². The summed E-state index contributed by atoms with van der Waals surface area (Å²) in [6, 6.07) is 5.33. The molecule has 8 heteroatoms. The highest BCUT2D eigenvalue weighted by Gasteiger charge is 2.31. The quantitative estimate of drug-likeness (QED) is 0.877. The van der Waals surface area contributed by atoms with Crippen LogP contribution in [-0.2, 0) is 11.3 Å². The third-order valence-corrected chi connectivity index (χ3v) is 2.18. The molecular weight excluding hydrogens is 297 g/mol. The Hall–Kier alpha value is -1.47. The largest absolute Gasteiger partial charge is 0.573 e. The van der Waals surface area contributed by atoms with Gasteiger partial charge in [-0.15, -0.1) is 25.6 Å². The van der Waals surface area contributed by atoms with Crippen LogP contribution in [-0.4, -0.2) is 18.3 Å². The summed E-state index contributed by atoms with van der Waals surface area (Å²) in [6.07, 6.45) is -4.64. The minimum Gasteiger partial charge on any atom is -0.405 e. The zero-order chi connectivity index (χ0) is 14.5. The van der Waals surface area contributed by atoms with Gasteiger partial charge >= 0.3 is 6.36 Å². The van der Waals surface area contributed by atoms with Gasteiger partial charge in [0.15, 0.2) is 0 Å².